The predicted molar refractivity (Wildman–Crippen MR) is 155 cm³/mol. The lowest BCUT2D eigenvalue weighted by molar-refractivity contribution is -0.00409. The van der Waals surface area contributed by atoms with Gasteiger partial charge in [-0.05, 0) is 50.7 Å². The molecule has 0 aliphatic carbocycles. The highest BCUT2D eigenvalue weighted by molar-refractivity contribution is 6.74. The average molecular weight is 528 g/mol. The van der Waals surface area contributed by atoms with Gasteiger partial charge in [0.1, 0.15) is 6.10 Å². The van der Waals surface area contributed by atoms with Crippen LogP contribution in [0.3, 0.4) is 0 Å². The van der Waals surface area contributed by atoms with E-state index in [0.29, 0.717) is 12.7 Å². The first-order chi connectivity index (χ1) is 17.1. The minimum Gasteiger partial charge on any atom is -0.435 e. The predicted octanol–water partition coefficient (Wildman–Crippen LogP) is 9.11. The fraction of sp³-hybridized carbons (Fsp3) is 0.967. The molecule has 1 saturated heterocycles. The zero-order chi connectivity index (χ0) is 26.9. The second kappa shape index (κ2) is 18.6. The van der Waals surface area contributed by atoms with Gasteiger partial charge < -0.3 is 18.8 Å². The lowest BCUT2D eigenvalue weighted by Crippen LogP contribution is -2.49. The Balaban J connectivity index is 2.52. The molecular weight excluding hydrogens is 466 g/mol. The molecule has 0 bridgehead atoms. The third-order valence-corrected chi connectivity index (χ3v) is 12.8. The van der Waals surface area contributed by atoms with E-state index in [0.717, 1.165) is 38.9 Å². The van der Waals surface area contributed by atoms with Crippen molar-refractivity contribution in [1.82, 2.24) is 4.90 Å². The van der Waals surface area contributed by atoms with Gasteiger partial charge in [0, 0.05) is 19.6 Å². The summed E-state index contributed by atoms with van der Waals surface area (Å²) in [5.41, 5.74) is 0. The third kappa shape index (κ3) is 13.8. The van der Waals surface area contributed by atoms with Crippen molar-refractivity contribution in [3.05, 3.63) is 0 Å². The van der Waals surface area contributed by atoms with Crippen molar-refractivity contribution in [3.63, 3.8) is 0 Å². The number of nitrogens with zero attached hydrogens (tertiary/aromatic N) is 1. The average Bonchev–Trinajstić information content (AvgIpc) is 2.81. The molecule has 0 aromatic carbocycles. The molecule has 0 aromatic heterocycles. The molecule has 1 rings (SSSR count). The summed E-state index contributed by atoms with van der Waals surface area (Å²) in [6, 6.07) is 0. The van der Waals surface area contributed by atoms with E-state index in [9.17, 15) is 4.79 Å². The Morgan fingerprint density at radius 3 is 1.97 bits per heavy atom. The second-order valence-electron chi connectivity index (χ2n) is 12.2. The largest absolute Gasteiger partial charge is 0.508 e. The smallest absolute Gasteiger partial charge is 0.435 e. The first-order valence-electron chi connectivity index (χ1n) is 15.4. The Kier molecular flexibility index (Phi) is 17.3. The van der Waals surface area contributed by atoms with Crippen LogP contribution in [0.1, 0.15) is 131 Å². The number of hydrogen-bond donors (Lipinski definition) is 0. The van der Waals surface area contributed by atoms with Gasteiger partial charge in [0.15, 0.2) is 8.32 Å². The quantitative estimate of drug-likeness (QED) is 0.0897. The molecule has 6 heteroatoms. The van der Waals surface area contributed by atoms with Gasteiger partial charge in [0.25, 0.3) is 0 Å². The van der Waals surface area contributed by atoms with Crippen LogP contribution in [0.25, 0.3) is 0 Å². The Morgan fingerprint density at radius 2 is 1.44 bits per heavy atom. The molecule has 0 spiro atoms. The lowest BCUT2D eigenvalue weighted by atomic mass is 10.0. The van der Waals surface area contributed by atoms with Crippen LogP contribution >= 0.6 is 0 Å². The monoisotopic (exact) mass is 527 g/mol. The first-order valence-corrected chi connectivity index (χ1v) is 18.3. The van der Waals surface area contributed by atoms with Crippen LogP contribution in [0, 0.1) is 0 Å². The summed E-state index contributed by atoms with van der Waals surface area (Å²) in [7, 11) is -1.85. The number of likely N-dealkylation sites (tertiary alicyclic amines) is 1. The van der Waals surface area contributed by atoms with Crippen LogP contribution in [-0.4, -0.2) is 57.8 Å². The molecule has 214 valence electrons. The standard InChI is InChI=1S/C30H61NO4Si/c1-8-11-12-13-14-15-16-17-18-19-20-28(35-36(6,7)30(4,5)23-9-2)26-31-24-21-27(22-25-31)34-29(32)33-10-3/h27-28H,8-26H2,1-7H3. The Hall–Kier alpha value is -0.593. The third-order valence-electron chi connectivity index (χ3n) is 8.37. The zero-order valence-corrected chi connectivity index (χ0v) is 26.2. The van der Waals surface area contributed by atoms with Crippen LogP contribution in [0.2, 0.25) is 18.1 Å². The SMILES string of the molecule is CCCCCCCCCCCCC(CN1CCC(OC(=O)OCC)CC1)O[Si](C)(C)C(C)(C)CCC. The van der Waals surface area contributed by atoms with E-state index in [1.54, 1.807) is 0 Å². The molecule has 0 N–H and O–H groups in total. The van der Waals surface area contributed by atoms with Gasteiger partial charge in [-0.25, -0.2) is 4.79 Å². The normalized spacial score (nSPS) is 16.8. The topological polar surface area (TPSA) is 48.0 Å². The summed E-state index contributed by atoms with van der Waals surface area (Å²) in [6.45, 7) is 19.4. The summed E-state index contributed by atoms with van der Waals surface area (Å²) >= 11 is 0. The maximum absolute atomic E-state index is 11.7. The molecule has 1 fully saturated rings. The van der Waals surface area contributed by atoms with E-state index < -0.39 is 14.5 Å². The van der Waals surface area contributed by atoms with Crippen molar-refractivity contribution in [1.29, 1.82) is 0 Å². The Bertz CT molecular complexity index is 561. The fourth-order valence-corrected chi connectivity index (χ4v) is 7.53. The molecule has 0 amide bonds. The maximum atomic E-state index is 11.7. The van der Waals surface area contributed by atoms with E-state index in [1.807, 2.05) is 6.92 Å². The van der Waals surface area contributed by atoms with Crippen molar-refractivity contribution in [2.24, 2.45) is 0 Å². The van der Waals surface area contributed by atoms with Crippen LogP contribution in [0.4, 0.5) is 4.79 Å². The van der Waals surface area contributed by atoms with Gasteiger partial charge in [0.05, 0.1) is 12.7 Å². The summed E-state index contributed by atoms with van der Waals surface area (Å²) in [4.78, 5) is 14.2. The molecule has 5 nitrogen and oxygen atoms in total. The van der Waals surface area contributed by atoms with Crippen LogP contribution < -0.4 is 0 Å². The van der Waals surface area contributed by atoms with E-state index >= 15 is 0 Å². The highest BCUT2D eigenvalue weighted by Gasteiger charge is 2.42. The van der Waals surface area contributed by atoms with Crippen molar-refractivity contribution in [2.45, 2.75) is 161 Å². The van der Waals surface area contributed by atoms with E-state index in [2.05, 4.69) is 45.7 Å². The molecule has 1 atom stereocenters. The van der Waals surface area contributed by atoms with E-state index in [1.165, 1.54) is 77.0 Å². The number of hydrogen-bond acceptors (Lipinski definition) is 5. The van der Waals surface area contributed by atoms with Crippen molar-refractivity contribution >= 4 is 14.5 Å². The van der Waals surface area contributed by atoms with Gasteiger partial charge >= 0.3 is 6.16 Å². The number of carbonyl (C=O) groups excluding carboxylic acids is 1. The molecule has 0 saturated carbocycles. The van der Waals surface area contributed by atoms with Crippen molar-refractivity contribution in [2.75, 3.05) is 26.2 Å². The molecule has 0 aromatic rings. The van der Waals surface area contributed by atoms with Gasteiger partial charge in [-0.2, -0.15) is 0 Å². The Morgan fingerprint density at radius 1 is 0.889 bits per heavy atom. The van der Waals surface area contributed by atoms with Gasteiger partial charge in [0.2, 0.25) is 0 Å². The minimum absolute atomic E-state index is 0.0176. The highest BCUT2D eigenvalue weighted by atomic mass is 28.4. The zero-order valence-electron chi connectivity index (χ0n) is 25.2. The molecule has 1 unspecified atom stereocenters. The maximum Gasteiger partial charge on any atom is 0.508 e. The number of piperidine rings is 1. The van der Waals surface area contributed by atoms with Crippen molar-refractivity contribution in [3.8, 4) is 0 Å². The lowest BCUT2D eigenvalue weighted by Gasteiger charge is -2.43. The van der Waals surface area contributed by atoms with E-state index in [-0.39, 0.29) is 11.1 Å². The molecule has 1 aliphatic heterocycles. The molecule has 1 heterocycles. The minimum atomic E-state index is -1.85. The van der Waals surface area contributed by atoms with Crippen LogP contribution in [0.15, 0.2) is 0 Å². The second-order valence-corrected chi connectivity index (χ2v) is 16.8. The van der Waals surface area contributed by atoms with Crippen LogP contribution in [0.5, 0.6) is 0 Å². The summed E-state index contributed by atoms with van der Waals surface area (Å²) in [5.74, 6) is 0. The number of unbranched alkanes of at least 4 members (excludes halogenated alkanes) is 9. The van der Waals surface area contributed by atoms with Gasteiger partial charge in [-0.1, -0.05) is 98.3 Å². The highest BCUT2D eigenvalue weighted by Crippen LogP contribution is 2.43. The Labute approximate surface area is 225 Å². The molecule has 36 heavy (non-hydrogen) atoms. The first kappa shape index (κ1) is 33.4. The van der Waals surface area contributed by atoms with E-state index in [4.69, 9.17) is 13.9 Å². The fourth-order valence-electron chi connectivity index (χ4n) is 5.33. The number of rotatable bonds is 20. The number of ether oxygens (including phenoxy) is 2. The van der Waals surface area contributed by atoms with Gasteiger partial charge in [-0.15, -0.1) is 0 Å². The number of carbonyl (C=O) groups is 1. The van der Waals surface area contributed by atoms with Crippen LogP contribution in [-0.2, 0) is 13.9 Å². The summed E-state index contributed by atoms with van der Waals surface area (Å²) < 4.78 is 17.5. The molecular formula is C30H61NO4Si. The molecule has 1 aliphatic rings. The molecule has 0 radical (unpaired) electrons. The summed E-state index contributed by atoms with van der Waals surface area (Å²) in [6.07, 6.45) is 18.8. The van der Waals surface area contributed by atoms with Gasteiger partial charge in [-0.3, -0.25) is 0 Å². The van der Waals surface area contributed by atoms with Crippen molar-refractivity contribution < 1.29 is 18.7 Å². The summed E-state index contributed by atoms with van der Waals surface area (Å²) in [5, 5.41) is 0.276.